The summed E-state index contributed by atoms with van der Waals surface area (Å²) in [7, 11) is -1.52. The number of aromatic nitrogens is 3. The molecule has 0 unspecified atom stereocenters. The van der Waals surface area contributed by atoms with Gasteiger partial charge < -0.3 is 10.0 Å². The van der Waals surface area contributed by atoms with Gasteiger partial charge in [-0.2, -0.15) is 5.10 Å². The predicted octanol–water partition coefficient (Wildman–Crippen LogP) is -0.400. The number of hydrogen-bond acceptors (Lipinski definition) is 4. The molecule has 0 aliphatic heterocycles. The van der Waals surface area contributed by atoms with Crippen molar-refractivity contribution < 1.29 is 10.0 Å². The largest absolute Gasteiger partial charge is 0.491 e. The van der Waals surface area contributed by atoms with Crippen LogP contribution < -0.4 is 5.46 Å². The van der Waals surface area contributed by atoms with Gasteiger partial charge in [0.15, 0.2) is 0 Å². The van der Waals surface area contributed by atoms with Crippen LogP contribution in [0.25, 0.3) is 5.69 Å². The summed E-state index contributed by atoms with van der Waals surface area (Å²) in [6.07, 6.45) is 4.43. The summed E-state index contributed by atoms with van der Waals surface area (Å²) in [4.78, 5) is 3.83. The summed E-state index contributed by atoms with van der Waals surface area (Å²) in [5.74, 6) is 0. The molecule has 0 aromatic carbocycles. The van der Waals surface area contributed by atoms with E-state index >= 15 is 0 Å². The Morgan fingerprint density at radius 3 is 2.80 bits per heavy atom. The van der Waals surface area contributed by atoms with Crippen LogP contribution in [0.2, 0.25) is 5.15 Å². The molecular formula is C8H7BClN3O2. The topological polar surface area (TPSA) is 71.2 Å². The predicted molar refractivity (Wildman–Crippen MR) is 56.2 cm³/mol. The van der Waals surface area contributed by atoms with Crippen LogP contribution in [0.3, 0.4) is 0 Å². The molecule has 0 amide bonds. The van der Waals surface area contributed by atoms with E-state index in [2.05, 4.69) is 10.1 Å². The molecule has 0 saturated carbocycles. The van der Waals surface area contributed by atoms with E-state index in [9.17, 15) is 0 Å². The van der Waals surface area contributed by atoms with Crippen LogP contribution >= 0.6 is 11.6 Å². The van der Waals surface area contributed by atoms with Gasteiger partial charge in [0.05, 0.1) is 5.69 Å². The number of hydrogen-bond donors (Lipinski definition) is 2. The number of nitrogens with zero attached hydrogens (tertiary/aromatic N) is 3. The van der Waals surface area contributed by atoms with Crippen molar-refractivity contribution in [3.63, 3.8) is 0 Å². The average Bonchev–Trinajstić information content (AvgIpc) is 2.66. The van der Waals surface area contributed by atoms with Crippen molar-refractivity contribution in [1.29, 1.82) is 0 Å². The van der Waals surface area contributed by atoms with Crippen molar-refractivity contribution in [2.75, 3.05) is 0 Å². The molecule has 0 saturated heterocycles. The maximum absolute atomic E-state index is 8.90. The Morgan fingerprint density at radius 2 is 2.20 bits per heavy atom. The lowest BCUT2D eigenvalue weighted by Gasteiger charge is -2.00. The molecular weight excluding hydrogens is 216 g/mol. The van der Waals surface area contributed by atoms with Crippen LogP contribution in [0.4, 0.5) is 0 Å². The fourth-order valence-electron chi connectivity index (χ4n) is 1.15. The highest BCUT2D eigenvalue weighted by Gasteiger charge is 2.13. The second-order valence-electron chi connectivity index (χ2n) is 2.93. The monoisotopic (exact) mass is 223 g/mol. The third-order valence-electron chi connectivity index (χ3n) is 1.88. The highest BCUT2D eigenvalue weighted by Crippen LogP contribution is 2.10. The maximum Gasteiger partial charge on any atom is 0.491 e. The van der Waals surface area contributed by atoms with Gasteiger partial charge in [-0.1, -0.05) is 11.6 Å². The highest BCUT2D eigenvalue weighted by atomic mass is 35.5. The molecule has 15 heavy (non-hydrogen) atoms. The minimum absolute atomic E-state index is 0.322. The van der Waals surface area contributed by atoms with Crippen molar-refractivity contribution in [2.24, 2.45) is 0 Å². The van der Waals surface area contributed by atoms with Crippen LogP contribution in [0.15, 0.2) is 30.7 Å². The first-order valence-corrected chi connectivity index (χ1v) is 4.57. The summed E-state index contributed by atoms with van der Waals surface area (Å²) >= 11 is 5.71. The van der Waals surface area contributed by atoms with Crippen LogP contribution in [0.5, 0.6) is 0 Å². The Morgan fingerprint density at radius 1 is 1.40 bits per heavy atom. The van der Waals surface area contributed by atoms with E-state index in [0.717, 1.165) is 0 Å². The molecule has 7 heteroatoms. The zero-order valence-electron chi connectivity index (χ0n) is 7.58. The zero-order chi connectivity index (χ0) is 10.8. The van der Waals surface area contributed by atoms with E-state index in [4.69, 9.17) is 21.6 Å². The van der Waals surface area contributed by atoms with Crippen molar-refractivity contribution in [3.8, 4) is 5.69 Å². The molecule has 0 aliphatic rings. The van der Waals surface area contributed by atoms with Crippen LogP contribution in [-0.2, 0) is 0 Å². The van der Waals surface area contributed by atoms with E-state index in [0.29, 0.717) is 16.3 Å². The molecule has 0 aliphatic carbocycles. The van der Waals surface area contributed by atoms with Gasteiger partial charge in [-0.15, -0.1) is 0 Å². The van der Waals surface area contributed by atoms with Gasteiger partial charge in [0.1, 0.15) is 5.15 Å². The quantitative estimate of drug-likeness (QED) is 0.537. The van der Waals surface area contributed by atoms with E-state index < -0.39 is 7.12 Å². The first kappa shape index (κ1) is 10.2. The van der Waals surface area contributed by atoms with Crippen LogP contribution in [-0.4, -0.2) is 31.9 Å². The smallest absolute Gasteiger partial charge is 0.423 e. The standard InChI is InChI=1S/C8H7BClN3O2/c10-8-3-7(1-2-11-8)13-5-6(4-12-13)9(14)15/h1-5,14-15H. The summed E-state index contributed by atoms with van der Waals surface area (Å²) < 4.78 is 1.49. The maximum atomic E-state index is 8.90. The molecule has 76 valence electrons. The molecule has 2 aromatic heterocycles. The molecule has 0 bridgehead atoms. The fourth-order valence-corrected chi connectivity index (χ4v) is 1.31. The van der Waals surface area contributed by atoms with Crippen LogP contribution in [0.1, 0.15) is 0 Å². The van der Waals surface area contributed by atoms with Gasteiger partial charge in [0.25, 0.3) is 0 Å². The second kappa shape index (κ2) is 4.02. The minimum Gasteiger partial charge on any atom is -0.423 e. The third-order valence-corrected chi connectivity index (χ3v) is 2.08. The Kier molecular flexibility index (Phi) is 2.72. The lowest BCUT2D eigenvalue weighted by Crippen LogP contribution is -2.28. The van der Waals surface area contributed by atoms with E-state index in [1.807, 2.05) is 0 Å². The number of halogens is 1. The molecule has 2 rings (SSSR count). The van der Waals surface area contributed by atoms with Crippen molar-refractivity contribution in [2.45, 2.75) is 0 Å². The fraction of sp³-hybridized carbons (Fsp3) is 0. The van der Waals surface area contributed by atoms with Gasteiger partial charge in [0.2, 0.25) is 0 Å². The Labute approximate surface area is 91.1 Å². The van der Waals surface area contributed by atoms with Gasteiger partial charge in [0, 0.05) is 30.1 Å². The number of rotatable bonds is 2. The van der Waals surface area contributed by atoms with Gasteiger partial charge in [-0.25, -0.2) is 9.67 Å². The molecule has 2 aromatic rings. The number of pyridine rings is 1. The van der Waals surface area contributed by atoms with Crippen molar-refractivity contribution >= 4 is 24.2 Å². The third kappa shape index (κ3) is 2.17. The first-order chi connectivity index (χ1) is 7.16. The normalized spacial score (nSPS) is 10.3. The minimum atomic E-state index is -1.52. The SMILES string of the molecule is OB(O)c1cnn(-c2ccnc(Cl)c2)c1. The average molecular weight is 223 g/mol. The summed E-state index contributed by atoms with van der Waals surface area (Å²) in [5, 5.41) is 22.1. The molecule has 0 radical (unpaired) electrons. The molecule has 5 nitrogen and oxygen atoms in total. The van der Waals surface area contributed by atoms with Gasteiger partial charge in [-0.3, -0.25) is 0 Å². The van der Waals surface area contributed by atoms with E-state index in [1.54, 1.807) is 18.3 Å². The zero-order valence-corrected chi connectivity index (χ0v) is 8.33. The Hall–Kier alpha value is -1.37. The Balaban J connectivity index is 2.37. The molecule has 2 heterocycles. The second-order valence-corrected chi connectivity index (χ2v) is 3.32. The summed E-state index contributed by atoms with van der Waals surface area (Å²) in [6.45, 7) is 0. The van der Waals surface area contributed by atoms with E-state index in [-0.39, 0.29) is 0 Å². The first-order valence-electron chi connectivity index (χ1n) is 4.19. The molecule has 2 N–H and O–H groups in total. The highest BCUT2D eigenvalue weighted by molar-refractivity contribution is 6.58. The van der Waals surface area contributed by atoms with Crippen molar-refractivity contribution in [3.05, 3.63) is 35.9 Å². The lowest BCUT2D eigenvalue weighted by atomic mass is 9.83. The van der Waals surface area contributed by atoms with Crippen LogP contribution in [0, 0.1) is 0 Å². The Bertz CT molecular complexity index is 474. The molecule has 0 spiro atoms. The van der Waals surface area contributed by atoms with E-state index in [1.165, 1.54) is 17.1 Å². The van der Waals surface area contributed by atoms with Gasteiger partial charge in [-0.05, 0) is 6.07 Å². The summed E-state index contributed by atoms with van der Waals surface area (Å²) in [6, 6.07) is 3.34. The molecule has 0 atom stereocenters. The van der Waals surface area contributed by atoms with Gasteiger partial charge >= 0.3 is 7.12 Å². The summed E-state index contributed by atoms with van der Waals surface area (Å²) in [5.41, 5.74) is 1.03. The lowest BCUT2D eigenvalue weighted by molar-refractivity contribution is 0.426. The van der Waals surface area contributed by atoms with Crippen molar-refractivity contribution in [1.82, 2.24) is 14.8 Å². The molecule has 0 fully saturated rings.